The molecule has 0 spiro atoms. The summed E-state index contributed by atoms with van der Waals surface area (Å²) in [6, 6.07) is -0.220. The van der Waals surface area contributed by atoms with Crippen LogP contribution < -0.4 is 5.56 Å². The van der Waals surface area contributed by atoms with Crippen molar-refractivity contribution in [1.82, 2.24) is 19.8 Å². The van der Waals surface area contributed by atoms with Crippen LogP contribution >= 0.6 is 0 Å². The summed E-state index contributed by atoms with van der Waals surface area (Å²) in [6.45, 7) is 1.63. The number of H-pyrrole nitrogens is 1. The van der Waals surface area contributed by atoms with Crippen LogP contribution in [0.1, 0.15) is 68.1 Å². The molecule has 158 valence electrons. The molecule has 3 aliphatic rings. The minimum atomic E-state index is -0.220. The van der Waals surface area contributed by atoms with E-state index in [1.54, 1.807) is 4.90 Å². The molecule has 0 radical (unpaired) electrons. The summed E-state index contributed by atoms with van der Waals surface area (Å²) in [4.78, 5) is 49.3. The highest BCUT2D eigenvalue weighted by Gasteiger charge is 2.33. The van der Waals surface area contributed by atoms with Crippen LogP contribution in [0.25, 0.3) is 0 Å². The Hall–Kier alpha value is -2.22. The van der Waals surface area contributed by atoms with Gasteiger partial charge in [-0.25, -0.2) is 4.98 Å². The van der Waals surface area contributed by atoms with Gasteiger partial charge < -0.3 is 19.5 Å². The standard InChI is InChI=1S/C21H30N4O4/c1-29-13-18(26)25-10-5-4-8-17(25)19-22-16-9-11-24(12-15(16)20(27)23-19)21(28)14-6-2-3-7-14/h14,17H,2-13H2,1H3,(H,22,23,27)/t17-/m1/s1. The van der Waals surface area contributed by atoms with Gasteiger partial charge in [-0.2, -0.15) is 0 Å². The van der Waals surface area contributed by atoms with Gasteiger partial charge >= 0.3 is 0 Å². The number of ether oxygens (including phenoxy) is 1. The van der Waals surface area contributed by atoms with E-state index in [4.69, 9.17) is 9.72 Å². The molecule has 1 aromatic heterocycles. The Bertz CT molecular complexity index is 830. The molecule has 3 heterocycles. The number of rotatable bonds is 4. The third-order valence-corrected chi connectivity index (χ3v) is 6.51. The number of carbonyl (C=O) groups excluding carboxylic acids is 2. The van der Waals surface area contributed by atoms with Crippen molar-refractivity contribution in [3.63, 3.8) is 0 Å². The van der Waals surface area contributed by atoms with E-state index < -0.39 is 0 Å². The topological polar surface area (TPSA) is 95.6 Å². The predicted octanol–water partition coefficient (Wildman–Crippen LogP) is 1.54. The van der Waals surface area contributed by atoms with Gasteiger partial charge in [0.1, 0.15) is 12.4 Å². The van der Waals surface area contributed by atoms with Gasteiger partial charge in [0.05, 0.1) is 23.8 Å². The van der Waals surface area contributed by atoms with Gasteiger partial charge in [0.2, 0.25) is 11.8 Å². The van der Waals surface area contributed by atoms with Crippen molar-refractivity contribution >= 4 is 11.8 Å². The molecule has 0 aromatic carbocycles. The van der Waals surface area contributed by atoms with E-state index in [0.717, 1.165) is 50.6 Å². The maximum absolute atomic E-state index is 12.9. The average molecular weight is 402 g/mol. The first-order valence-corrected chi connectivity index (χ1v) is 10.8. The molecule has 1 aromatic rings. The number of piperidine rings is 1. The van der Waals surface area contributed by atoms with E-state index in [-0.39, 0.29) is 35.9 Å². The van der Waals surface area contributed by atoms with E-state index in [2.05, 4.69) is 4.98 Å². The largest absolute Gasteiger partial charge is 0.375 e. The molecular formula is C21H30N4O4. The number of hydrogen-bond donors (Lipinski definition) is 1. The van der Waals surface area contributed by atoms with E-state index in [9.17, 15) is 14.4 Å². The molecule has 29 heavy (non-hydrogen) atoms. The first-order valence-electron chi connectivity index (χ1n) is 10.8. The van der Waals surface area contributed by atoms with E-state index in [1.165, 1.54) is 7.11 Å². The fourth-order valence-electron chi connectivity index (χ4n) is 4.94. The molecule has 0 unspecified atom stereocenters. The molecule has 1 atom stereocenters. The third-order valence-electron chi connectivity index (χ3n) is 6.51. The smallest absolute Gasteiger partial charge is 0.256 e. The SMILES string of the molecule is COCC(=O)N1CCCC[C@@H]1c1nc2c(c(=O)[nH]1)CN(C(=O)C1CCCC1)CC2. The van der Waals surface area contributed by atoms with Crippen LogP contribution in [0.2, 0.25) is 0 Å². The number of nitrogens with one attached hydrogen (secondary N) is 1. The Morgan fingerprint density at radius 1 is 1.14 bits per heavy atom. The number of carbonyl (C=O) groups is 2. The van der Waals surface area contributed by atoms with Crippen LogP contribution in [0.15, 0.2) is 4.79 Å². The van der Waals surface area contributed by atoms with E-state index >= 15 is 0 Å². The van der Waals surface area contributed by atoms with Crippen molar-refractivity contribution in [3.05, 3.63) is 27.4 Å². The van der Waals surface area contributed by atoms with Gasteiger partial charge in [0.25, 0.3) is 5.56 Å². The number of hydrogen-bond acceptors (Lipinski definition) is 5. The number of fused-ring (bicyclic) bond motifs is 1. The van der Waals surface area contributed by atoms with Crippen molar-refractivity contribution in [1.29, 1.82) is 0 Å². The van der Waals surface area contributed by atoms with Crippen LogP contribution in [0.5, 0.6) is 0 Å². The lowest BCUT2D eigenvalue weighted by molar-refractivity contribution is -0.139. The van der Waals surface area contributed by atoms with Gasteiger partial charge in [-0.15, -0.1) is 0 Å². The van der Waals surface area contributed by atoms with E-state index in [0.29, 0.717) is 37.4 Å². The molecule has 1 aliphatic carbocycles. The fraction of sp³-hybridized carbons (Fsp3) is 0.714. The fourth-order valence-corrected chi connectivity index (χ4v) is 4.94. The molecule has 8 heteroatoms. The molecule has 1 N–H and O–H groups in total. The van der Waals surface area contributed by atoms with Crippen LogP contribution in [-0.4, -0.2) is 58.4 Å². The first-order chi connectivity index (χ1) is 14.1. The monoisotopic (exact) mass is 402 g/mol. The van der Waals surface area contributed by atoms with E-state index in [1.807, 2.05) is 4.90 Å². The normalized spacial score (nSPS) is 22.6. The molecule has 8 nitrogen and oxygen atoms in total. The maximum atomic E-state index is 12.9. The lowest BCUT2D eigenvalue weighted by Crippen LogP contribution is -2.44. The molecule has 0 bridgehead atoms. The Morgan fingerprint density at radius 3 is 2.66 bits per heavy atom. The Kier molecular flexibility index (Phi) is 5.99. The van der Waals surface area contributed by atoms with Crippen LogP contribution in [0, 0.1) is 5.92 Å². The van der Waals surface area contributed by atoms with Crippen molar-refractivity contribution < 1.29 is 14.3 Å². The molecular weight excluding hydrogens is 372 g/mol. The zero-order valence-corrected chi connectivity index (χ0v) is 17.1. The van der Waals surface area contributed by atoms with Crippen molar-refractivity contribution in [2.24, 2.45) is 5.92 Å². The van der Waals surface area contributed by atoms with Crippen LogP contribution in [0.3, 0.4) is 0 Å². The quantitative estimate of drug-likeness (QED) is 0.824. The molecule has 1 saturated heterocycles. The minimum Gasteiger partial charge on any atom is -0.375 e. The zero-order chi connectivity index (χ0) is 20.4. The minimum absolute atomic E-state index is 0.0317. The molecule has 1 saturated carbocycles. The summed E-state index contributed by atoms with van der Waals surface area (Å²) in [6.07, 6.45) is 7.46. The molecule has 4 rings (SSSR count). The lowest BCUT2D eigenvalue weighted by Gasteiger charge is -2.36. The first kappa shape index (κ1) is 20.1. The highest BCUT2D eigenvalue weighted by atomic mass is 16.5. The van der Waals surface area contributed by atoms with Gasteiger partial charge in [-0.3, -0.25) is 14.4 Å². The summed E-state index contributed by atoms with van der Waals surface area (Å²) < 4.78 is 5.01. The Labute approximate surface area is 170 Å². The third kappa shape index (κ3) is 4.08. The van der Waals surface area contributed by atoms with Gasteiger partial charge in [0.15, 0.2) is 0 Å². The predicted molar refractivity (Wildman–Crippen MR) is 106 cm³/mol. The maximum Gasteiger partial charge on any atom is 0.256 e. The van der Waals surface area contributed by atoms with Gasteiger partial charge in [0, 0.05) is 32.5 Å². The second kappa shape index (κ2) is 8.65. The summed E-state index contributed by atoms with van der Waals surface area (Å²) >= 11 is 0. The lowest BCUT2D eigenvalue weighted by atomic mass is 9.99. The van der Waals surface area contributed by atoms with Crippen LogP contribution in [0.4, 0.5) is 0 Å². The Balaban J connectivity index is 1.55. The second-order valence-corrected chi connectivity index (χ2v) is 8.40. The average Bonchev–Trinajstić information content (AvgIpc) is 3.28. The number of aromatic amines is 1. The van der Waals surface area contributed by atoms with Crippen LogP contribution in [-0.2, 0) is 27.3 Å². The highest BCUT2D eigenvalue weighted by molar-refractivity contribution is 5.79. The summed E-state index contributed by atoms with van der Waals surface area (Å²) in [5, 5.41) is 0. The second-order valence-electron chi connectivity index (χ2n) is 8.40. The van der Waals surface area contributed by atoms with Gasteiger partial charge in [-0.05, 0) is 32.1 Å². The number of likely N-dealkylation sites (tertiary alicyclic amines) is 1. The summed E-state index contributed by atoms with van der Waals surface area (Å²) in [5.41, 5.74) is 1.18. The van der Waals surface area contributed by atoms with Crippen molar-refractivity contribution in [2.75, 3.05) is 26.8 Å². The molecule has 2 fully saturated rings. The summed E-state index contributed by atoms with van der Waals surface area (Å²) in [7, 11) is 1.51. The molecule has 2 aliphatic heterocycles. The van der Waals surface area contributed by atoms with Crippen molar-refractivity contribution in [3.8, 4) is 0 Å². The number of aromatic nitrogens is 2. The Morgan fingerprint density at radius 2 is 1.90 bits per heavy atom. The number of nitrogens with zero attached hydrogens (tertiary/aromatic N) is 3. The summed E-state index contributed by atoms with van der Waals surface area (Å²) in [5.74, 6) is 0.782. The highest BCUT2D eigenvalue weighted by Crippen LogP contribution is 2.30. The number of methoxy groups -OCH3 is 1. The zero-order valence-electron chi connectivity index (χ0n) is 17.1. The van der Waals surface area contributed by atoms with Crippen molar-refractivity contribution in [2.45, 2.75) is 64.0 Å². The number of amides is 2. The molecule has 2 amide bonds. The van der Waals surface area contributed by atoms with Gasteiger partial charge in [-0.1, -0.05) is 12.8 Å².